The Morgan fingerprint density at radius 1 is 1.33 bits per heavy atom. The second-order valence-corrected chi connectivity index (χ2v) is 3.55. The Balaban J connectivity index is 2.55. The quantitative estimate of drug-likeness (QED) is 0.770. The van der Waals surface area contributed by atoms with Gasteiger partial charge in [0.1, 0.15) is 0 Å². The standard InChI is InChI=1S/C13H14N2/c1-2-5-12(14)13-11-7-4-3-6-10(11)8-9-15-13/h2-4,6-9,12H,1,5,14H2. The van der Waals surface area contributed by atoms with Gasteiger partial charge in [0.05, 0.1) is 11.7 Å². The molecule has 2 rings (SSSR count). The van der Waals surface area contributed by atoms with Gasteiger partial charge in [-0.2, -0.15) is 0 Å². The summed E-state index contributed by atoms with van der Waals surface area (Å²) >= 11 is 0. The van der Waals surface area contributed by atoms with Crippen molar-refractivity contribution in [2.24, 2.45) is 5.73 Å². The molecule has 2 heteroatoms. The topological polar surface area (TPSA) is 38.9 Å². The minimum atomic E-state index is -0.0615. The third kappa shape index (κ3) is 1.90. The summed E-state index contributed by atoms with van der Waals surface area (Å²) in [7, 11) is 0. The highest BCUT2D eigenvalue weighted by atomic mass is 14.8. The van der Waals surface area contributed by atoms with E-state index in [2.05, 4.69) is 23.7 Å². The minimum absolute atomic E-state index is 0.0615. The normalized spacial score (nSPS) is 12.6. The van der Waals surface area contributed by atoms with Crippen molar-refractivity contribution in [2.45, 2.75) is 12.5 Å². The first kappa shape index (κ1) is 9.87. The van der Waals surface area contributed by atoms with Crippen LogP contribution >= 0.6 is 0 Å². The van der Waals surface area contributed by atoms with Gasteiger partial charge in [-0.25, -0.2) is 0 Å². The molecular weight excluding hydrogens is 184 g/mol. The molecule has 1 unspecified atom stereocenters. The van der Waals surface area contributed by atoms with Gasteiger partial charge < -0.3 is 5.73 Å². The summed E-state index contributed by atoms with van der Waals surface area (Å²) in [6.07, 6.45) is 4.38. The molecule has 1 atom stereocenters. The Labute approximate surface area is 89.4 Å². The summed E-state index contributed by atoms with van der Waals surface area (Å²) in [5.74, 6) is 0. The number of hydrogen-bond donors (Lipinski definition) is 1. The molecule has 1 heterocycles. The summed E-state index contributed by atoms with van der Waals surface area (Å²) in [5.41, 5.74) is 6.99. The molecule has 1 aromatic carbocycles. The molecule has 0 fully saturated rings. The predicted octanol–water partition coefficient (Wildman–Crippen LogP) is 2.81. The van der Waals surface area contributed by atoms with Crippen LogP contribution in [0.1, 0.15) is 18.2 Å². The molecule has 1 aromatic heterocycles. The maximum Gasteiger partial charge on any atom is 0.0652 e. The molecular formula is C13H14N2. The number of rotatable bonds is 3. The van der Waals surface area contributed by atoms with E-state index in [4.69, 9.17) is 5.73 Å². The zero-order chi connectivity index (χ0) is 10.7. The number of pyridine rings is 1. The second kappa shape index (κ2) is 4.24. The van der Waals surface area contributed by atoms with Crippen LogP contribution in [0.5, 0.6) is 0 Å². The number of fused-ring (bicyclic) bond motifs is 1. The van der Waals surface area contributed by atoms with E-state index in [9.17, 15) is 0 Å². The third-order valence-electron chi connectivity index (χ3n) is 2.48. The van der Waals surface area contributed by atoms with Crippen molar-refractivity contribution in [2.75, 3.05) is 0 Å². The second-order valence-electron chi connectivity index (χ2n) is 3.55. The van der Waals surface area contributed by atoms with Crippen molar-refractivity contribution in [1.29, 1.82) is 0 Å². The van der Waals surface area contributed by atoms with Crippen LogP contribution in [0.3, 0.4) is 0 Å². The average molecular weight is 198 g/mol. The Bertz CT molecular complexity index is 471. The molecule has 0 amide bonds. The molecule has 0 spiro atoms. The van der Waals surface area contributed by atoms with Gasteiger partial charge >= 0.3 is 0 Å². The lowest BCUT2D eigenvalue weighted by molar-refractivity contribution is 0.722. The first-order valence-electron chi connectivity index (χ1n) is 5.03. The number of nitrogens with two attached hydrogens (primary N) is 1. The fraction of sp³-hybridized carbons (Fsp3) is 0.154. The van der Waals surface area contributed by atoms with E-state index in [1.54, 1.807) is 6.20 Å². The summed E-state index contributed by atoms with van der Waals surface area (Å²) < 4.78 is 0. The van der Waals surface area contributed by atoms with E-state index in [1.165, 1.54) is 5.39 Å². The van der Waals surface area contributed by atoms with Crippen molar-refractivity contribution < 1.29 is 0 Å². The fourth-order valence-corrected chi connectivity index (χ4v) is 1.73. The molecule has 2 aromatic rings. The van der Waals surface area contributed by atoms with Crippen molar-refractivity contribution >= 4 is 10.8 Å². The average Bonchev–Trinajstić information content (AvgIpc) is 2.28. The van der Waals surface area contributed by atoms with Gasteiger partial charge in [-0.3, -0.25) is 4.98 Å². The molecule has 0 saturated carbocycles. The van der Waals surface area contributed by atoms with Crippen LogP contribution in [0.25, 0.3) is 10.8 Å². The smallest absolute Gasteiger partial charge is 0.0652 e. The summed E-state index contributed by atoms with van der Waals surface area (Å²) in [5, 5.41) is 2.32. The maximum absolute atomic E-state index is 6.04. The van der Waals surface area contributed by atoms with Gasteiger partial charge in [0.2, 0.25) is 0 Å². The molecule has 0 aliphatic heterocycles. The zero-order valence-electron chi connectivity index (χ0n) is 8.56. The van der Waals surface area contributed by atoms with E-state index in [1.807, 2.05) is 24.3 Å². The zero-order valence-corrected chi connectivity index (χ0v) is 8.56. The van der Waals surface area contributed by atoms with Crippen molar-refractivity contribution in [3.63, 3.8) is 0 Å². The lowest BCUT2D eigenvalue weighted by atomic mass is 10.0. The molecule has 0 aliphatic rings. The summed E-state index contributed by atoms with van der Waals surface area (Å²) in [6.45, 7) is 3.70. The number of aromatic nitrogens is 1. The number of hydrogen-bond acceptors (Lipinski definition) is 2. The van der Waals surface area contributed by atoms with Crippen LogP contribution < -0.4 is 5.73 Å². The Morgan fingerprint density at radius 2 is 2.13 bits per heavy atom. The Morgan fingerprint density at radius 3 is 2.93 bits per heavy atom. The highest BCUT2D eigenvalue weighted by Gasteiger charge is 2.08. The molecule has 15 heavy (non-hydrogen) atoms. The number of benzene rings is 1. The van der Waals surface area contributed by atoms with E-state index < -0.39 is 0 Å². The van der Waals surface area contributed by atoms with E-state index in [0.717, 1.165) is 17.5 Å². The van der Waals surface area contributed by atoms with Crippen molar-refractivity contribution in [1.82, 2.24) is 4.98 Å². The van der Waals surface area contributed by atoms with Crippen LogP contribution in [0.2, 0.25) is 0 Å². The SMILES string of the molecule is C=CCC(N)c1nccc2ccccc12. The van der Waals surface area contributed by atoms with E-state index in [0.29, 0.717) is 0 Å². The molecule has 2 N–H and O–H groups in total. The minimum Gasteiger partial charge on any atom is -0.322 e. The highest BCUT2D eigenvalue weighted by molar-refractivity contribution is 5.84. The molecule has 0 saturated heterocycles. The van der Waals surface area contributed by atoms with Gasteiger partial charge in [-0.1, -0.05) is 30.3 Å². The maximum atomic E-state index is 6.04. The van der Waals surface area contributed by atoms with Crippen LogP contribution in [-0.2, 0) is 0 Å². The van der Waals surface area contributed by atoms with Crippen LogP contribution in [0.15, 0.2) is 49.2 Å². The monoisotopic (exact) mass is 198 g/mol. The molecule has 0 aliphatic carbocycles. The van der Waals surface area contributed by atoms with Gasteiger partial charge in [-0.05, 0) is 17.9 Å². The van der Waals surface area contributed by atoms with E-state index >= 15 is 0 Å². The number of nitrogens with zero attached hydrogens (tertiary/aromatic N) is 1. The molecule has 76 valence electrons. The van der Waals surface area contributed by atoms with Gasteiger partial charge in [0, 0.05) is 11.6 Å². The summed E-state index contributed by atoms with van der Waals surface area (Å²) in [4.78, 5) is 4.35. The van der Waals surface area contributed by atoms with Crippen LogP contribution in [0, 0.1) is 0 Å². The first-order valence-corrected chi connectivity index (χ1v) is 5.03. The molecule has 0 bridgehead atoms. The van der Waals surface area contributed by atoms with Crippen LogP contribution in [-0.4, -0.2) is 4.98 Å². The summed E-state index contributed by atoms with van der Waals surface area (Å²) in [6, 6.07) is 10.1. The van der Waals surface area contributed by atoms with Gasteiger partial charge in [0.15, 0.2) is 0 Å². The lowest BCUT2D eigenvalue weighted by Gasteiger charge is -2.11. The predicted molar refractivity (Wildman–Crippen MR) is 63.5 cm³/mol. The lowest BCUT2D eigenvalue weighted by Crippen LogP contribution is -2.11. The molecule has 2 nitrogen and oxygen atoms in total. The Kier molecular flexibility index (Phi) is 2.79. The fourth-order valence-electron chi connectivity index (χ4n) is 1.73. The van der Waals surface area contributed by atoms with Gasteiger partial charge in [-0.15, -0.1) is 6.58 Å². The van der Waals surface area contributed by atoms with E-state index in [-0.39, 0.29) is 6.04 Å². The third-order valence-corrected chi connectivity index (χ3v) is 2.48. The molecule has 0 radical (unpaired) electrons. The largest absolute Gasteiger partial charge is 0.322 e. The van der Waals surface area contributed by atoms with Crippen molar-refractivity contribution in [3.8, 4) is 0 Å². The Hall–Kier alpha value is -1.67. The first-order chi connectivity index (χ1) is 7.33. The van der Waals surface area contributed by atoms with Gasteiger partial charge in [0.25, 0.3) is 0 Å². The van der Waals surface area contributed by atoms with Crippen molar-refractivity contribution in [3.05, 3.63) is 54.9 Å². The van der Waals surface area contributed by atoms with Crippen LogP contribution in [0.4, 0.5) is 0 Å². The highest BCUT2D eigenvalue weighted by Crippen LogP contribution is 2.22.